The van der Waals surface area contributed by atoms with Gasteiger partial charge in [0.15, 0.2) is 0 Å². The first kappa shape index (κ1) is 22.1. The Morgan fingerprint density at radius 3 is 2.50 bits per heavy atom. The Morgan fingerprint density at radius 1 is 0.941 bits per heavy atom. The number of carbonyl (C=O) groups is 1. The number of para-hydroxylation sites is 1. The van der Waals surface area contributed by atoms with Crippen LogP contribution in [0.1, 0.15) is 35.7 Å². The summed E-state index contributed by atoms with van der Waals surface area (Å²) in [6.07, 6.45) is 3.15. The smallest absolute Gasteiger partial charge is 0.254 e. The van der Waals surface area contributed by atoms with Crippen LogP contribution in [0.25, 0.3) is 22.2 Å². The molecule has 0 bridgehead atoms. The van der Waals surface area contributed by atoms with E-state index in [4.69, 9.17) is 9.72 Å². The fourth-order valence-corrected chi connectivity index (χ4v) is 4.87. The zero-order valence-electron chi connectivity index (χ0n) is 19.6. The number of nitrogens with zero attached hydrogens (tertiary/aromatic N) is 2. The van der Waals surface area contributed by atoms with Crippen LogP contribution in [0.4, 0.5) is 0 Å². The summed E-state index contributed by atoms with van der Waals surface area (Å²) in [6.45, 7) is 4.17. The van der Waals surface area contributed by atoms with Gasteiger partial charge in [-0.15, -0.1) is 0 Å². The van der Waals surface area contributed by atoms with Gasteiger partial charge in [-0.1, -0.05) is 60.7 Å². The van der Waals surface area contributed by atoms with Crippen LogP contribution in [0.5, 0.6) is 5.75 Å². The number of carbonyl (C=O) groups excluding carboxylic acids is 1. The predicted octanol–water partition coefficient (Wildman–Crippen LogP) is 6.40. The van der Waals surface area contributed by atoms with E-state index in [0.717, 1.165) is 65.8 Å². The number of benzene rings is 3. The maximum absolute atomic E-state index is 13.7. The largest absolute Gasteiger partial charge is 0.494 e. The second-order valence-corrected chi connectivity index (χ2v) is 8.96. The zero-order chi connectivity index (χ0) is 23.3. The quantitative estimate of drug-likeness (QED) is 0.342. The lowest BCUT2D eigenvalue weighted by Gasteiger charge is -2.32. The fraction of sp³-hybridized carbons (Fsp3) is 0.267. The van der Waals surface area contributed by atoms with Crippen LogP contribution in [0.2, 0.25) is 0 Å². The second-order valence-electron chi connectivity index (χ2n) is 8.96. The SMILES string of the molecule is CCOc1cccc(-c2cc(C(=O)N3CCC(Cc4ccccc4)CC3)c3ccccc3n2)c1. The topological polar surface area (TPSA) is 42.4 Å². The molecule has 0 saturated carbocycles. The molecule has 4 heteroatoms. The van der Waals surface area contributed by atoms with E-state index in [1.54, 1.807) is 0 Å². The molecule has 1 amide bonds. The summed E-state index contributed by atoms with van der Waals surface area (Å²) in [5, 5.41) is 0.906. The van der Waals surface area contributed by atoms with Crippen molar-refractivity contribution in [3.05, 3.63) is 96.1 Å². The van der Waals surface area contributed by atoms with Crippen molar-refractivity contribution in [2.45, 2.75) is 26.2 Å². The Kier molecular flexibility index (Phi) is 6.57. The number of pyridine rings is 1. The van der Waals surface area contributed by atoms with E-state index in [0.29, 0.717) is 12.5 Å². The lowest BCUT2D eigenvalue weighted by atomic mass is 9.90. The minimum absolute atomic E-state index is 0.0963. The van der Waals surface area contributed by atoms with Crippen LogP contribution in [0.3, 0.4) is 0 Å². The van der Waals surface area contributed by atoms with Crippen molar-refractivity contribution in [2.75, 3.05) is 19.7 Å². The molecule has 5 rings (SSSR count). The van der Waals surface area contributed by atoms with Crippen LogP contribution in [0.15, 0.2) is 84.9 Å². The number of hydrogen-bond donors (Lipinski definition) is 0. The van der Waals surface area contributed by atoms with Crippen molar-refractivity contribution in [1.29, 1.82) is 0 Å². The van der Waals surface area contributed by atoms with E-state index < -0.39 is 0 Å². The van der Waals surface area contributed by atoms with Crippen LogP contribution < -0.4 is 4.74 Å². The molecule has 0 atom stereocenters. The van der Waals surface area contributed by atoms with Crippen molar-refractivity contribution in [1.82, 2.24) is 9.88 Å². The van der Waals surface area contributed by atoms with Crippen molar-refractivity contribution in [2.24, 2.45) is 5.92 Å². The molecule has 1 aliphatic heterocycles. The lowest BCUT2D eigenvalue weighted by molar-refractivity contribution is 0.0692. The highest BCUT2D eigenvalue weighted by Gasteiger charge is 2.25. The summed E-state index contributed by atoms with van der Waals surface area (Å²) < 4.78 is 5.68. The number of likely N-dealkylation sites (tertiary alicyclic amines) is 1. The number of ether oxygens (including phenoxy) is 1. The first-order valence-electron chi connectivity index (χ1n) is 12.2. The summed E-state index contributed by atoms with van der Waals surface area (Å²) in [5.74, 6) is 1.53. The Hall–Kier alpha value is -3.66. The predicted molar refractivity (Wildman–Crippen MR) is 137 cm³/mol. The molecule has 3 aromatic carbocycles. The number of rotatable bonds is 6. The average Bonchev–Trinajstić information content (AvgIpc) is 2.89. The third-order valence-electron chi connectivity index (χ3n) is 6.66. The normalized spacial score (nSPS) is 14.3. The molecule has 1 aromatic heterocycles. The molecule has 1 fully saturated rings. The number of fused-ring (bicyclic) bond motifs is 1. The molecular weight excluding hydrogens is 420 g/mol. The van der Waals surface area contributed by atoms with E-state index in [-0.39, 0.29) is 5.91 Å². The van der Waals surface area contributed by atoms with E-state index >= 15 is 0 Å². The standard InChI is InChI=1S/C30H30N2O2/c1-2-34-25-12-8-11-24(20-25)29-21-27(26-13-6-7-14-28(26)31-29)30(33)32-17-15-23(16-18-32)19-22-9-4-3-5-10-22/h3-14,20-21,23H,2,15-19H2,1H3. The van der Waals surface area contributed by atoms with Gasteiger partial charge in [-0.3, -0.25) is 4.79 Å². The van der Waals surface area contributed by atoms with Crippen LogP contribution in [-0.4, -0.2) is 35.5 Å². The molecule has 1 aliphatic rings. The van der Waals surface area contributed by atoms with Gasteiger partial charge in [0.25, 0.3) is 5.91 Å². The number of aromatic nitrogens is 1. The molecule has 34 heavy (non-hydrogen) atoms. The van der Waals surface area contributed by atoms with Crippen molar-refractivity contribution in [3.63, 3.8) is 0 Å². The first-order chi connectivity index (χ1) is 16.7. The minimum atomic E-state index is 0.0963. The van der Waals surface area contributed by atoms with Gasteiger partial charge in [-0.05, 0) is 61.9 Å². The Morgan fingerprint density at radius 2 is 1.71 bits per heavy atom. The molecule has 0 aliphatic carbocycles. The summed E-state index contributed by atoms with van der Waals surface area (Å²) >= 11 is 0. The van der Waals surface area contributed by atoms with E-state index in [1.165, 1.54) is 5.56 Å². The molecule has 4 nitrogen and oxygen atoms in total. The molecule has 0 unspecified atom stereocenters. The van der Waals surface area contributed by atoms with Crippen molar-refractivity contribution >= 4 is 16.8 Å². The Bertz CT molecular complexity index is 1280. The highest BCUT2D eigenvalue weighted by molar-refractivity contribution is 6.07. The van der Waals surface area contributed by atoms with Gasteiger partial charge < -0.3 is 9.64 Å². The number of amides is 1. The fourth-order valence-electron chi connectivity index (χ4n) is 4.87. The molecule has 0 N–H and O–H groups in total. The average molecular weight is 451 g/mol. The third-order valence-corrected chi connectivity index (χ3v) is 6.66. The van der Waals surface area contributed by atoms with Crippen LogP contribution in [-0.2, 0) is 6.42 Å². The van der Waals surface area contributed by atoms with Gasteiger partial charge >= 0.3 is 0 Å². The highest BCUT2D eigenvalue weighted by atomic mass is 16.5. The molecule has 4 aromatic rings. The Balaban J connectivity index is 1.39. The van der Waals surface area contributed by atoms with Crippen molar-refractivity contribution in [3.8, 4) is 17.0 Å². The molecule has 0 spiro atoms. The first-order valence-corrected chi connectivity index (χ1v) is 12.2. The lowest BCUT2D eigenvalue weighted by Crippen LogP contribution is -2.39. The van der Waals surface area contributed by atoms with Gasteiger partial charge in [0.2, 0.25) is 0 Å². The molecule has 0 radical (unpaired) electrons. The maximum atomic E-state index is 13.7. The monoisotopic (exact) mass is 450 g/mol. The van der Waals surface area contributed by atoms with Gasteiger partial charge in [0.05, 0.1) is 23.4 Å². The number of hydrogen-bond acceptors (Lipinski definition) is 3. The van der Waals surface area contributed by atoms with Crippen molar-refractivity contribution < 1.29 is 9.53 Å². The van der Waals surface area contributed by atoms with Gasteiger partial charge in [-0.2, -0.15) is 0 Å². The van der Waals surface area contributed by atoms with Gasteiger partial charge in [-0.25, -0.2) is 4.98 Å². The van der Waals surface area contributed by atoms with Crippen LogP contribution >= 0.6 is 0 Å². The molecule has 2 heterocycles. The molecular formula is C30H30N2O2. The second kappa shape index (κ2) is 10.1. The zero-order valence-corrected chi connectivity index (χ0v) is 19.6. The maximum Gasteiger partial charge on any atom is 0.254 e. The van der Waals surface area contributed by atoms with Gasteiger partial charge in [0.1, 0.15) is 5.75 Å². The summed E-state index contributed by atoms with van der Waals surface area (Å²) in [7, 11) is 0. The summed E-state index contributed by atoms with van der Waals surface area (Å²) in [4.78, 5) is 20.6. The Labute approximate surface area is 201 Å². The van der Waals surface area contributed by atoms with E-state index in [9.17, 15) is 4.79 Å². The van der Waals surface area contributed by atoms with Gasteiger partial charge in [0, 0.05) is 24.0 Å². The number of piperidine rings is 1. The molecule has 1 saturated heterocycles. The minimum Gasteiger partial charge on any atom is -0.494 e. The third kappa shape index (κ3) is 4.81. The van der Waals surface area contributed by atoms with E-state index in [1.807, 2.05) is 66.4 Å². The summed E-state index contributed by atoms with van der Waals surface area (Å²) in [6, 6.07) is 28.5. The summed E-state index contributed by atoms with van der Waals surface area (Å²) in [5.41, 5.74) is 4.69. The van der Waals surface area contributed by atoms with E-state index in [2.05, 4.69) is 30.3 Å². The molecule has 172 valence electrons. The van der Waals surface area contributed by atoms with Crippen LogP contribution in [0, 0.1) is 5.92 Å². The highest BCUT2D eigenvalue weighted by Crippen LogP contribution is 2.29.